The summed E-state index contributed by atoms with van der Waals surface area (Å²) in [6.07, 6.45) is 4.74. The number of carbonyl (C=O) groups is 13. The van der Waals surface area contributed by atoms with Gasteiger partial charge >= 0.3 is 17.9 Å². The zero-order valence-electron chi connectivity index (χ0n) is 58.9. The summed E-state index contributed by atoms with van der Waals surface area (Å²) in [5.74, 6) is -11.4. The van der Waals surface area contributed by atoms with E-state index < -0.39 is 138 Å². The number of fused-ring (bicyclic) bond motifs is 1. The molecular weight excluding hydrogens is 1360 g/mol. The molecule has 10 amide bonds. The lowest BCUT2D eigenvalue weighted by molar-refractivity contribution is -0.140. The monoisotopic (exact) mass is 1460 g/mol. The number of carboxylic acids is 3. The molecule has 3 heterocycles. The first-order chi connectivity index (χ1) is 48.9. The van der Waals surface area contributed by atoms with Gasteiger partial charge in [0.15, 0.2) is 0 Å². The first-order valence-corrected chi connectivity index (χ1v) is 35.3. The van der Waals surface area contributed by atoms with Crippen LogP contribution >= 0.6 is 11.8 Å². The van der Waals surface area contributed by atoms with Crippen molar-refractivity contribution in [2.45, 2.75) is 122 Å². The highest BCUT2D eigenvalue weighted by molar-refractivity contribution is 7.98. The van der Waals surface area contributed by atoms with Crippen molar-refractivity contribution < 1.29 is 82.8 Å². The number of H-pyrrole nitrogens is 2. The molecule has 0 bridgehead atoms. The second-order valence-corrected chi connectivity index (χ2v) is 27.1. The number of aromatic nitrogens is 3. The van der Waals surface area contributed by atoms with Crippen LogP contribution in [0.3, 0.4) is 0 Å². The smallest absolute Gasteiger partial charge is 0.317 e. The molecule has 1 fully saturated rings. The maximum absolute atomic E-state index is 14.5. The molecule has 8 atom stereocenters. The fraction of sp³-hybridized carbons (Fsp3) is 0.552. The normalized spacial score (nSPS) is 16.0. The van der Waals surface area contributed by atoms with Gasteiger partial charge in [-0.05, 0) is 85.9 Å². The average molecular weight is 1460 g/mol. The van der Waals surface area contributed by atoms with Crippen molar-refractivity contribution >= 4 is 105 Å². The number of imidazole rings is 1. The number of nitrogens with two attached hydrogens (primary N) is 2. The van der Waals surface area contributed by atoms with Crippen LogP contribution in [0, 0.1) is 11.8 Å². The molecule has 4 aromatic rings. The van der Waals surface area contributed by atoms with Gasteiger partial charge in [0.2, 0.25) is 53.2 Å². The fourth-order valence-corrected chi connectivity index (χ4v) is 11.7. The first-order valence-electron chi connectivity index (χ1n) is 33.9. The van der Waals surface area contributed by atoms with Crippen LogP contribution in [0.15, 0.2) is 67.3 Å². The predicted octanol–water partition coefficient (Wildman–Crippen LogP) is -3.03. The Kier molecular flexibility index (Phi) is 34.7. The summed E-state index contributed by atoms with van der Waals surface area (Å²) in [5.41, 5.74) is 13.4. The average Bonchev–Trinajstić information content (AvgIpc) is 1.51. The van der Waals surface area contributed by atoms with Crippen LogP contribution in [0.5, 0.6) is 0 Å². The molecule has 0 radical (unpaired) electrons. The number of nitrogens with zero attached hydrogens (tertiary/aromatic N) is 5. The molecule has 0 saturated carbocycles. The maximum atomic E-state index is 14.5. The molecule has 566 valence electrons. The molecular formula is C67H100N18O17S. The summed E-state index contributed by atoms with van der Waals surface area (Å²) >= 11 is 1.45. The van der Waals surface area contributed by atoms with Crippen molar-refractivity contribution in [1.29, 1.82) is 0 Å². The number of hydrogen-bond acceptors (Lipinski definition) is 21. The van der Waals surface area contributed by atoms with Gasteiger partial charge in [-0.25, -0.2) is 4.98 Å². The number of thioether (sulfide) groups is 1. The number of benzene rings is 2. The van der Waals surface area contributed by atoms with Crippen LogP contribution in [0.2, 0.25) is 0 Å². The van der Waals surface area contributed by atoms with Gasteiger partial charge in [-0.15, -0.1) is 0 Å². The SMILES string of the molecule is CSCC[C@H](NC(=O)[C@H](CC(C)C)NC(=O)[C@H](Cc1cnc[nH]1)NC(=O)CNC(=O)[C@@H](NC(=O)[C@H](C)NC(=O)[C@H](Cc1c[nH]c2ccccc12)NC(=O)[C@H](CCC(N)=O)NC(=O)c1ccc(NCC(O)CN2CCN(CC(=O)O)CCN(CC(=O)O)CCN(CC(=O)O)CC2)cc1)C(C)C)C(N)=O. The lowest BCUT2D eigenvalue weighted by Gasteiger charge is -2.33. The summed E-state index contributed by atoms with van der Waals surface area (Å²) in [5, 5.41) is 64.8. The maximum Gasteiger partial charge on any atom is 0.317 e. The minimum absolute atomic E-state index is 0.00298. The number of primary amides is 2. The molecule has 1 aliphatic heterocycles. The van der Waals surface area contributed by atoms with Crippen LogP contribution < -0.4 is 59.3 Å². The zero-order valence-corrected chi connectivity index (χ0v) is 59.7. The van der Waals surface area contributed by atoms with Gasteiger partial charge < -0.3 is 89.7 Å². The summed E-state index contributed by atoms with van der Waals surface area (Å²) in [7, 11) is 0. The highest BCUT2D eigenvalue weighted by Crippen LogP contribution is 2.20. The Morgan fingerprint density at radius 3 is 1.68 bits per heavy atom. The Morgan fingerprint density at radius 2 is 1.14 bits per heavy atom. The minimum atomic E-state index is -1.46. The number of para-hydroxylation sites is 1. The molecule has 5 rings (SSSR count). The third-order valence-electron chi connectivity index (χ3n) is 16.9. The molecule has 0 spiro atoms. The zero-order chi connectivity index (χ0) is 75.9. The van der Waals surface area contributed by atoms with Crippen LogP contribution in [0.25, 0.3) is 10.9 Å². The lowest BCUT2D eigenvalue weighted by Crippen LogP contribution is -2.59. The molecule has 1 unspecified atom stereocenters. The number of aliphatic carboxylic acids is 3. The van der Waals surface area contributed by atoms with Crippen molar-refractivity contribution in [2.75, 3.05) is 109 Å². The van der Waals surface area contributed by atoms with E-state index in [9.17, 15) is 82.8 Å². The number of hydrogen-bond donors (Lipinski definition) is 17. The third-order valence-corrected chi connectivity index (χ3v) is 17.5. The van der Waals surface area contributed by atoms with E-state index in [-0.39, 0.29) is 135 Å². The van der Waals surface area contributed by atoms with Crippen LogP contribution in [-0.4, -0.2) is 284 Å². The van der Waals surface area contributed by atoms with Gasteiger partial charge in [-0.3, -0.25) is 81.9 Å². The van der Waals surface area contributed by atoms with Crippen molar-refractivity contribution in [3.63, 3.8) is 0 Å². The van der Waals surface area contributed by atoms with Crippen molar-refractivity contribution in [3.05, 3.63) is 84.1 Å². The Hall–Kier alpha value is -9.75. The standard InChI is InChI=1S/C67H100N18O17S/c1-39(2)27-51(65(100)77-49(60(69)95)17-26-103-6)79-66(101)53(29-45-31-70-38-74-45)76-55(88)33-73-67(102)59(40(3)4)81-61(96)41(5)75-64(99)52(28-43-30-72-48-10-8-7-9-47(43)48)80-63(98)50(15-16-54(68)87)78-62(97)42-11-13-44(14-12-42)71-32-46(86)34-82-18-20-83(35-56(89)90)22-24-85(37-58(93)94)25-23-84(21-19-82)36-57(91)92/h7-14,30-31,38-41,46,49-53,59,71-72,86H,15-29,32-37H2,1-6H3,(H2,68,87)(H2,69,95)(H,70,74)(H,73,102)(H,75,99)(H,76,88)(H,77,100)(H,78,97)(H,79,101)(H,80,98)(H,81,96)(H,89,90)(H,91,92)(H,93,94)/t41-,46?,49-,50-,51-,52-,53-,59-/m0/s1. The highest BCUT2D eigenvalue weighted by atomic mass is 32.2. The Morgan fingerprint density at radius 1 is 0.592 bits per heavy atom. The van der Waals surface area contributed by atoms with Gasteiger partial charge in [0.1, 0.15) is 42.3 Å². The summed E-state index contributed by atoms with van der Waals surface area (Å²) in [6.45, 7) is 8.71. The summed E-state index contributed by atoms with van der Waals surface area (Å²) in [4.78, 5) is 188. The molecule has 0 aliphatic carbocycles. The van der Waals surface area contributed by atoms with Gasteiger partial charge in [0.25, 0.3) is 5.91 Å². The minimum Gasteiger partial charge on any atom is -0.480 e. The number of rotatable bonds is 41. The van der Waals surface area contributed by atoms with Crippen LogP contribution in [0.1, 0.15) is 81.9 Å². The quantitative estimate of drug-likeness (QED) is 0.0210. The number of anilines is 1. The number of nitrogens with one attached hydrogen (secondary N) is 11. The van der Waals surface area contributed by atoms with Gasteiger partial charge in [0, 0.05) is 125 Å². The number of aliphatic hydroxyl groups is 1. The van der Waals surface area contributed by atoms with E-state index >= 15 is 0 Å². The van der Waals surface area contributed by atoms with E-state index in [1.807, 2.05) is 25.0 Å². The Labute approximate surface area is 600 Å². The molecule has 35 nitrogen and oxygen atoms in total. The van der Waals surface area contributed by atoms with E-state index in [0.717, 1.165) is 0 Å². The van der Waals surface area contributed by atoms with Crippen molar-refractivity contribution in [2.24, 2.45) is 23.3 Å². The molecule has 2 aromatic heterocycles. The van der Waals surface area contributed by atoms with Gasteiger partial charge in [-0.2, -0.15) is 11.8 Å². The highest BCUT2D eigenvalue weighted by Gasteiger charge is 2.35. The van der Waals surface area contributed by atoms with Crippen LogP contribution in [0.4, 0.5) is 5.69 Å². The predicted molar refractivity (Wildman–Crippen MR) is 380 cm³/mol. The number of carboxylic acid groups (broad SMARTS) is 3. The number of aromatic amines is 2. The molecule has 103 heavy (non-hydrogen) atoms. The third kappa shape index (κ3) is 30.0. The summed E-state index contributed by atoms with van der Waals surface area (Å²) in [6, 6.07) is 4.13. The van der Waals surface area contributed by atoms with E-state index in [1.54, 1.807) is 71.1 Å². The van der Waals surface area contributed by atoms with Crippen molar-refractivity contribution in [1.82, 2.24) is 77.1 Å². The fourth-order valence-electron chi connectivity index (χ4n) is 11.3. The second-order valence-electron chi connectivity index (χ2n) is 26.1. The number of carbonyl (C=O) groups excluding carboxylic acids is 10. The summed E-state index contributed by atoms with van der Waals surface area (Å²) < 4.78 is 0. The second kappa shape index (κ2) is 42.6. The first kappa shape index (κ1) is 83.9. The van der Waals surface area contributed by atoms with Gasteiger partial charge in [-0.1, -0.05) is 45.9 Å². The number of aliphatic hydroxyl groups excluding tert-OH is 1. The topological polar surface area (TPSA) is 521 Å². The lowest BCUT2D eigenvalue weighted by atomic mass is 10.0. The van der Waals surface area contributed by atoms with Crippen LogP contribution in [-0.2, 0) is 70.4 Å². The van der Waals surface area contributed by atoms with E-state index in [1.165, 1.54) is 43.3 Å². The van der Waals surface area contributed by atoms with Crippen molar-refractivity contribution in [3.8, 4) is 0 Å². The molecule has 36 heteroatoms. The van der Waals surface area contributed by atoms with E-state index in [4.69, 9.17) is 11.5 Å². The Bertz CT molecular complexity index is 3470. The molecule has 2 aromatic carbocycles. The number of β-amino-alcohol motifs (C(OH)–C–C–N with tert-alkyl or cyclic N) is 1. The van der Waals surface area contributed by atoms with Gasteiger partial charge in [0.05, 0.1) is 38.6 Å². The molecule has 19 N–H and O–H groups in total. The van der Waals surface area contributed by atoms with E-state index in [2.05, 4.69) is 62.8 Å². The molecule has 1 saturated heterocycles. The number of amides is 10. The Balaban J connectivity index is 1.23. The molecule has 1 aliphatic rings. The van der Waals surface area contributed by atoms with E-state index in [0.29, 0.717) is 33.6 Å². The largest absolute Gasteiger partial charge is 0.480 e.